The Balaban J connectivity index is 3.25. The molecule has 0 aliphatic carbocycles. The zero-order valence-electron chi connectivity index (χ0n) is 8.36. The van der Waals surface area contributed by atoms with E-state index in [2.05, 4.69) is 0 Å². The molecule has 0 aliphatic rings. The first-order chi connectivity index (χ1) is 6.74. The number of rotatable bonds is 4. The molecule has 0 saturated heterocycles. The van der Waals surface area contributed by atoms with Crippen molar-refractivity contribution in [2.45, 2.75) is 19.4 Å². The lowest BCUT2D eigenvalue weighted by Gasteiger charge is -2.14. The van der Waals surface area contributed by atoms with Crippen LogP contribution in [0.3, 0.4) is 0 Å². The molecular weight excluding hydrogens is 180 g/mol. The minimum absolute atomic E-state index is 0.0787. The molecule has 0 saturated carbocycles. The first-order valence-corrected chi connectivity index (χ1v) is 4.46. The van der Waals surface area contributed by atoms with Gasteiger partial charge < -0.3 is 14.6 Å². The maximum atomic E-state index is 10.7. The smallest absolute Gasteiger partial charge is 0.127 e. The highest BCUT2D eigenvalue weighted by molar-refractivity contribution is 5.65. The highest BCUT2D eigenvalue weighted by Crippen LogP contribution is 2.28. The summed E-state index contributed by atoms with van der Waals surface area (Å²) in [7, 11) is 1.55. The van der Waals surface area contributed by atoms with E-state index < -0.39 is 0 Å². The zero-order chi connectivity index (χ0) is 10.6. The average molecular weight is 194 g/mol. The monoisotopic (exact) mass is 194 g/mol. The lowest BCUT2D eigenvalue weighted by molar-refractivity contribution is -0.108. The van der Waals surface area contributed by atoms with Crippen molar-refractivity contribution in [1.29, 1.82) is 0 Å². The topological polar surface area (TPSA) is 46.5 Å². The second-order valence-corrected chi connectivity index (χ2v) is 3.12. The maximum absolute atomic E-state index is 10.7. The first kappa shape index (κ1) is 10.7. The van der Waals surface area contributed by atoms with E-state index in [9.17, 15) is 4.79 Å². The van der Waals surface area contributed by atoms with Gasteiger partial charge in [-0.05, 0) is 11.6 Å². The molecule has 3 nitrogen and oxygen atoms in total. The summed E-state index contributed by atoms with van der Waals surface area (Å²) in [5.41, 5.74) is 1.51. The maximum Gasteiger partial charge on any atom is 0.127 e. The van der Waals surface area contributed by atoms with Crippen LogP contribution < -0.4 is 4.74 Å². The summed E-state index contributed by atoms with van der Waals surface area (Å²) in [5, 5.41) is 9.11. The number of benzene rings is 1. The Morgan fingerprint density at radius 2 is 2.29 bits per heavy atom. The van der Waals surface area contributed by atoms with Crippen LogP contribution in [0.15, 0.2) is 18.2 Å². The third-order valence-corrected chi connectivity index (χ3v) is 2.21. The van der Waals surface area contributed by atoms with E-state index in [4.69, 9.17) is 9.84 Å². The van der Waals surface area contributed by atoms with Crippen molar-refractivity contribution in [3.63, 3.8) is 0 Å². The highest BCUT2D eigenvalue weighted by Gasteiger charge is 2.14. The van der Waals surface area contributed by atoms with Gasteiger partial charge in [0.25, 0.3) is 0 Å². The van der Waals surface area contributed by atoms with Gasteiger partial charge >= 0.3 is 0 Å². The van der Waals surface area contributed by atoms with Gasteiger partial charge in [0.15, 0.2) is 0 Å². The molecule has 3 heteroatoms. The molecule has 0 spiro atoms. The Morgan fingerprint density at radius 1 is 1.57 bits per heavy atom. The number of methoxy groups -OCH3 is 1. The van der Waals surface area contributed by atoms with Crippen LogP contribution in [0.1, 0.15) is 24.0 Å². The molecule has 1 aromatic rings. The van der Waals surface area contributed by atoms with Crippen molar-refractivity contribution in [2.75, 3.05) is 7.11 Å². The van der Waals surface area contributed by atoms with Crippen molar-refractivity contribution in [2.24, 2.45) is 0 Å². The molecule has 0 amide bonds. The third-order valence-electron chi connectivity index (χ3n) is 2.21. The van der Waals surface area contributed by atoms with Crippen LogP contribution in [-0.2, 0) is 11.4 Å². The zero-order valence-corrected chi connectivity index (χ0v) is 8.36. The van der Waals surface area contributed by atoms with Gasteiger partial charge in [-0.15, -0.1) is 0 Å². The van der Waals surface area contributed by atoms with Crippen molar-refractivity contribution in [3.05, 3.63) is 29.3 Å². The van der Waals surface area contributed by atoms with Gasteiger partial charge in [0.2, 0.25) is 0 Å². The average Bonchev–Trinajstić information content (AvgIpc) is 2.26. The minimum Gasteiger partial charge on any atom is -0.496 e. The summed E-state index contributed by atoms with van der Waals surface area (Å²) in [6.07, 6.45) is 0.844. The minimum atomic E-state index is -0.256. The van der Waals surface area contributed by atoms with Crippen molar-refractivity contribution < 1.29 is 14.6 Å². The SMILES string of the molecule is COc1cccc(CO)c1C(C)C=O. The van der Waals surface area contributed by atoms with E-state index in [0.29, 0.717) is 5.75 Å². The number of carbonyl (C=O) groups is 1. The highest BCUT2D eigenvalue weighted by atomic mass is 16.5. The fourth-order valence-electron chi connectivity index (χ4n) is 1.49. The van der Waals surface area contributed by atoms with Crippen molar-refractivity contribution >= 4 is 6.29 Å². The lowest BCUT2D eigenvalue weighted by Crippen LogP contribution is -2.03. The summed E-state index contributed by atoms with van der Waals surface area (Å²) in [6, 6.07) is 5.37. The van der Waals surface area contributed by atoms with Crippen LogP contribution in [0.2, 0.25) is 0 Å². The Morgan fingerprint density at radius 3 is 2.79 bits per heavy atom. The van der Waals surface area contributed by atoms with Gasteiger partial charge in [-0.3, -0.25) is 0 Å². The van der Waals surface area contributed by atoms with Crippen LogP contribution in [-0.4, -0.2) is 18.5 Å². The van der Waals surface area contributed by atoms with Crippen LogP contribution in [0.4, 0.5) is 0 Å². The fourth-order valence-corrected chi connectivity index (χ4v) is 1.49. The lowest BCUT2D eigenvalue weighted by atomic mass is 9.96. The molecule has 0 radical (unpaired) electrons. The Hall–Kier alpha value is -1.35. The Kier molecular flexibility index (Phi) is 3.65. The molecule has 0 aliphatic heterocycles. The van der Waals surface area contributed by atoms with E-state index in [1.54, 1.807) is 32.2 Å². The van der Waals surface area contributed by atoms with E-state index in [-0.39, 0.29) is 12.5 Å². The second kappa shape index (κ2) is 4.77. The molecule has 14 heavy (non-hydrogen) atoms. The number of carbonyl (C=O) groups excluding carboxylic acids is 1. The van der Waals surface area contributed by atoms with E-state index >= 15 is 0 Å². The summed E-state index contributed by atoms with van der Waals surface area (Å²) < 4.78 is 5.14. The van der Waals surface area contributed by atoms with E-state index in [1.807, 2.05) is 0 Å². The van der Waals surface area contributed by atoms with Crippen molar-refractivity contribution in [3.8, 4) is 5.75 Å². The normalized spacial score (nSPS) is 12.2. The number of aliphatic hydroxyl groups is 1. The van der Waals surface area contributed by atoms with Crippen molar-refractivity contribution in [1.82, 2.24) is 0 Å². The Bertz CT molecular complexity index is 298. The fraction of sp³-hybridized carbons (Fsp3) is 0.364. The molecule has 1 unspecified atom stereocenters. The van der Waals surface area contributed by atoms with Gasteiger partial charge in [0, 0.05) is 11.5 Å². The van der Waals surface area contributed by atoms with Crippen LogP contribution in [0, 0.1) is 0 Å². The molecule has 1 atom stereocenters. The van der Waals surface area contributed by atoms with Gasteiger partial charge in [0.05, 0.1) is 13.7 Å². The van der Waals surface area contributed by atoms with E-state index in [0.717, 1.165) is 17.4 Å². The number of aliphatic hydroxyl groups excluding tert-OH is 1. The van der Waals surface area contributed by atoms with Gasteiger partial charge in [-0.25, -0.2) is 0 Å². The summed E-state index contributed by atoms with van der Waals surface area (Å²) >= 11 is 0. The first-order valence-electron chi connectivity index (χ1n) is 4.46. The molecule has 76 valence electrons. The number of aldehydes is 1. The number of hydrogen-bond acceptors (Lipinski definition) is 3. The van der Waals surface area contributed by atoms with Crippen LogP contribution >= 0.6 is 0 Å². The number of hydrogen-bond donors (Lipinski definition) is 1. The molecule has 0 aromatic heterocycles. The molecular formula is C11H14O3. The third kappa shape index (κ3) is 1.93. The molecule has 1 rings (SSSR count). The molecule has 0 bridgehead atoms. The molecule has 0 heterocycles. The standard InChI is InChI=1S/C11H14O3/c1-8(6-12)11-9(7-13)4-3-5-10(11)14-2/h3-6,8,13H,7H2,1-2H3. The van der Waals surface area contributed by atoms with Gasteiger partial charge in [-0.2, -0.15) is 0 Å². The van der Waals surface area contributed by atoms with Crippen LogP contribution in [0.25, 0.3) is 0 Å². The largest absolute Gasteiger partial charge is 0.496 e. The number of ether oxygens (including phenoxy) is 1. The summed E-state index contributed by atoms with van der Waals surface area (Å²) in [6.45, 7) is 1.70. The Labute approximate surface area is 83.3 Å². The van der Waals surface area contributed by atoms with Gasteiger partial charge in [0.1, 0.15) is 12.0 Å². The summed E-state index contributed by atoms with van der Waals surface area (Å²) in [4.78, 5) is 10.7. The summed E-state index contributed by atoms with van der Waals surface area (Å²) in [5.74, 6) is 0.393. The molecule has 1 N–H and O–H groups in total. The molecule has 0 fully saturated rings. The predicted molar refractivity (Wildman–Crippen MR) is 53.4 cm³/mol. The quantitative estimate of drug-likeness (QED) is 0.739. The second-order valence-electron chi connectivity index (χ2n) is 3.12. The molecule has 1 aromatic carbocycles. The predicted octanol–water partition coefficient (Wildman–Crippen LogP) is 1.49. The van der Waals surface area contributed by atoms with Gasteiger partial charge in [-0.1, -0.05) is 19.1 Å². The van der Waals surface area contributed by atoms with E-state index in [1.165, 1.54) is 0 Å². The van der Waals surface area contributed by atoms with Crippen LogP contribution in [0.5, 0.6) is 5.75 Å².